The molecule has 5 nitrogen and oxygen atoms in total. The van der Waals surface area contributed by atoms with Crippen molar-refractivity contribution in [1.29, 1.82) is 0 Å². The standard InChI is InChI=1S/C24H31NO4/c1-24(2,3)29-22(26)16-20(14-18-10-6-4-7-11-18)17-25-21(23(27)28)15-19-12-8-5-9-13-19/h4-13,20-21,25H,14-17H2,1-3H3,(H,27,28)/t20-,21+/m1/s1. The largest absolute Gasteiger partial charge is 0.480 e. The minimum absolute atomic E-state index is 0.0649. The van der Waals surface area contributed by atoms with Crippen molar-refractivity contribution in [3.05, 3.63) is 71.8 Å². The van der Waals surface area contributed by atoms with Crippen molar-refractivity contribution in [2.45, 2.75) is 51.7 Å². The molecule has 2 aromatic carbocycles. The summed E-state index contributed by atoms with van der Waals surface area (Å²) < 4.78 is 5.47. The smallest absolute Gasteiger partial charge is 0.321 e. The molecule has 0 aliphatic carbocycles. The quantitative estimate of drug-likeness (QED) is 0.596. The van der Waals surface area contributed by atoms with E-state index in [2.05, 4.69) is 5.32 Å². The fourth-order valence-corrected chi connectivity index (χ4v) is 3.19. The molecule has 0 aromatic heterocycles. The molecule has 156 valence electrons. The van der Waals surface area contributed by atoms with E-state index in [0.717, 1.165) is 11.1 Å². The second kappa shape index (κ2) is 10.8. The molecule has 0 fully saturated rings. The van der Waals surface area contributed by atoms with E-state index in [1.165, 1.54) is 0 Å². The van der Waals surface area contributed by atoms with Crippen molar-refractivity contribution < 1.29 is 19.4 Å². The predicted molar refractivity (Wildman–Crippen MR) is 114 cm³/mol. The topological polar surface area (TPSA) is 75.6 Å². The molecule has 29 heavy (non-hydrogen) atoms. The van der Waals surface area contributed by atoms with Crippen molar-refractivity contribution in [2.75, 3.05) is 6.54 Å². The van der Waals surface area contributed by atoms with Crippen LogP contribution in [-0.4, -0.2) is 35.2 Å². The lowest BCUT2D eigenvalue weighted by atomic mass is 9.95. The normalized spacial score (nSPS) is 13.5. The van der Waals surface area contributed by atoms with Crippen LogP contribution in [0.3, 0.4) is 0 Å². The molecule has 2 rings (SSSR count). The summed E-state index contributed by atoms with van der Waals surface area (Å²) in [5.41, 5.74) is 1.52. The van der Waals surface area contributed by atoms with Crippen molar-refractivity contribution in [1.82, 2.24) is 5.32 Å². The van der Waals surface area contributed by atoms with Crippen LogP contribution in [0.15, 0.2) is 60.7 Å². The van der Waals surface area contributed by atoms with Gasteiger partial charge in [0.1, 0.15) is 11.6 Å². The molecule has 2 aromatic rings. The van der Waals surface area contributed by atoms with Gasteiger partial charge in [-0.3, -0.25) is 9.59 Å². The van der Waals surface area contributed by atoms with Gasteiger partial charge < -0.3 is 15.2 Å². The maximum absolute atomic E-state index is 12.4. The van der Waals surface area contributed by atoms with E-state index >= 15 is 0 Å². The maximum Gasteiger partial charge on any atom is 0.321 e. The minimum Gasteiger partial charge on any atom is -0.480 e. The number of nitrogens with one attached hydrogen (secondary N) is 1. The van der Waals surface area contributed by atoms with E-state index in [9.17, 15) is 14.7 Å². The first kappa shape index (κ1) is 22.6. The third-order valence-corrected chi connectivity index (χ3v) is 4.48. The molecular weight excluding hydrogens is 366 g/mol. The Morgan fingerprint density at radius 1 is 0.931 bits per heavy atom. The molecule has 0 amide bonds. The van der Waals surface area contributed by atoms with Gasteiger partial charge in [-0.1, -0.05) is 60.7 Å². The average molecular weight is 398 g/mol. The first-order valence-electron chi connectivity index (χ1n) is 9.99. The van der Waals surface area contributed by atoms with Gasteiger partial charge in [0.2, 0.25) is 0 Å². The number of esters is 1. The number of hydrogen-bond acceptors (Lipinski definition) is 4. The van der Waals surface area contributed by atoms with Crippen molar-refractivity contribution in [3.8, 4) is 0 Å². The van der Waals surface area contributed by atoms with Crippen molar-refractivity contribution >= 4 is 11.9 Å². The number of ether oxygens (including phenoxy) is 1. The molecule has 0 aliphatic heterocycles. The van der Waals surface area contributed by atoms with Gasteiger partial charge in [0.25, 0.3) is 0 Å². The van der Waals surface area contributed by atoms with Crippen LogP contribution in [0.2, 0.25) is 0 Å². The zero-order valence-corrected chi connectivity index (χ0v) is 17.4. The summed E-state index contributed by atoms with van der Waals surface area (Å²) in [5, 5.41) is 12.8. The van der Waals surface area contributed by atoms with Crippen LogP contribution in [0, 0.1) is 5.92 Å². The molecule has 0 unspecified atom stereocenters. The van der Waals surface area contributed by atoms with Crippen molar-refractivity contribution in [2.24, 2.45) is 5.92 Å². The Hall–Kier alpha value is -2.66. The number of carbonyl (C=O) groups excluding carboxylic acids is 1. The summed E-state index contributed by atoms with van der Waals surface area (Å²) in [7, 11) is 0. The molecular formula is C24H31NO4. The molecule has 2 N–H and O–H groups in total. The average Bonchev–Trinajstić information content (AvgIpc) is 2.64. The predicted octanol–water partition coefficient (Wildman–Crippen LogP) is 3.86. The molecule has 0 saturated carbocycles. The van der Waals surface area contributed by atoms with Gasteiger partial charge in [-0.2, -0.15) is 0 Å². The lowest BCUT2D eigenvalue weighted by Crippen LogP contribution is -2.42. The Morgan fingerprint density at radius 3 is 1.93 bits per heavy atom. The summed E-state index contributed by atoms with van der Waals surface area (Å²) in [6.45, 7) is 5.94. The fraction of sp³-hybridized carbons (Fsp3) is 0.417. The maximum atomic E-state index is 12.4. The van der Waals surface area contributed by atoms with E-state index < -0.39 is 17.6 Å². The van der Waals surface area contributed by atoms with E-state index in [0.29, 0.717) is 19.4 Å². The van der Waals surface area contributed by atoms with Crippen LogP contribution >= 0.6 is 0 Å². The van der Waals surface area contributed by atoms with Gasteiger partial charge in [-0.25, -0.2) is 0 Å². The van der Waals surface area contributed by atoms with Crippen LogP contribution in [0.4, 0.5) is 0 Å². The van der Waals surface area contributed by atoms with Crippen LogP contribution in [0.25, 0.3) is 0 Å². The molecule has 0 radical (unpaired) electrons. The molecule has 2 atom stereocenters. The Bertz CT molecular complexity index is 768. The summed E-state index contributed by atoms with van der Waals surface area (Å²) in [6, 6.07) is 18.7. The highest BCUT2D eigenvalue weighted by Crippen LogP contribution is 2.16. The van der Waals surface area contributed by atoms with Crippen LogP contribution < -0.4 is 5.32 Å². The highest BCUT2D eigenvalue weighted by molar-refractivity contribution is 5.74. The van der Waals surface area contributed by atoms with Gasteiger partial charge in [0.05, 0.1) is 0 Å². The monoisotopic (exact) mass is 397 g/mol. The molecule has 5 heteroatoms. The number of carbonyl (C=O) groups is 2. The van der Waals surface area contributed by atoms with Crippen molar-refractivity contribution in [3.63, 3.8) is 0 Å². The Morgan fingerprint density at radius 2 is 1.45 bits per heavy atom. The van der Waals surface area contributed by atoms with Crippen LogP contribution in [-0.2, 0) is 27.2 Å². The molecule has 0 bridgehead atoms. The fourth-order valence-electron chi connectivity index (χ4n) is 3.19. The van der Waals surface area contributed by atoms with E-state index in [1.54, 1.807) is 0 Å². The number of aliphatic carboxylic acids is 1. The number of hydrogen-bond donors (Lipinski definition) is 2. The number of carboxylic acids is 1. The first-order valence-corrected chi connectivity index (χ1v) is 9.99. The van der Waals surface area contributed by atoms with E-state index in [-0.39, 0.29) is 18.3 Å². The van der Waals surface area contributed by atoms with Gasteiger partial charge in [0, 0.05) is 6.42 Å². The molecule has 0 heterocycles. The lowest BCUT2D eigenvalue weighted by molar-refractivity contribution is -0.155. The second-order valence-electron chi connectivity index (χ2n) is 8.34. The van der Waals surface area contributed by atoms with E-state index in [4.69, 9.17) is 4.74 Å². The SMILES string of the molecule is CC(C)(C)OC(=O)C[C@H](CN[C@@H](Cc1ccccc1)C(=O)O)Cc1ccccc1. The third-order valence-electron chi connectivity index (χ3n) is 4.48. The van der Waals surface area contributed by atoms with Crippen LogP contribution in [0.5, 0.6) is 0 Å². The number of rotatable bonds is 10. The lowest BCUT2D eigenvalue weighted by Gasteiger charge is -2.24. The molecule has 0 aliphatic rings. The highest BCUT2D eigenvalue weighted by atomic mass is 16.6. The third kappa shape index (κ3) is 8.92. The van der Waals surface area contributed by atoms with E-state index in [1.807, 2.05) is 81.4 Å². The summed E-state index contributed by atoms with van der Waals surface area (Å²) in [6.07, 6.45) is 1.29. The summed E-state index contributed by atoms with van der Waals surface area (Å²) in [4.78, 5) is 24.1. The number of carboxylic acid groups (broad SMARTS) is 1. The zero-order chi connectivity index (χ0) is 21.3. The zero-order valence-electron chi connectivity index (χ0n) is 17.4. The first-order chi connectivity index (χ1) is 13.7. The van der Waals surface area contributed by atoms with Gasteiger partial charge >= 0.3 is 11.9 Å². The van der Waals surface area contributed by atoms with Gasteiger partial charge in [-0.05, 0) is 57.2 Å². The second-order valence-corrected chi connectivity index (χ2v) is 8.34. The minimum atomic E-state index is -0.899. The molecule has 0 saturated heterocycles. The van der Waals surface area contributed by atoms with Crippen LogP contribution in [0.1, 0.15) is 38.3 Å². The highest BCUT2D eigenvalue weighted by Gasteiger charge is 2.23. The van der Waals surface area contributed by atoms with Gasteiger partial charge in [-0.15, -0.1) is 0 Å². The molecule has 0 spiro atoms. The number of benzene rings is 2. The summed E-state index contributed by atoms with van der Waals surface area (Å²) >= 11 is 0. The Labute approximate surface area is 173 Å². The summed E-state index contributed by atoms with van der Waals surface area (Å²) in [5.74, 6) is -1.23. The Balaban J connectivity index is 2.04. The van der Waals surface area contributed by atoms with Gasteiger partial charge in [0.15, 0.2) is 0 Å². The Kier molecular flexibility index (Phi) is 8.40.